The lowest BCUT2D eigenvalue weighted by molar-refractivity contribution is 0.399. The van der Waals surface area contributed by atoms with Gasteiger partial charge in [-0.3, -0.25) is 9.71 Å². The zero-order valence-electron chi connectivity index (χ0n) is 13.5. The van der Waals surface area contributed by atoms with Gasteiger partial charge < -0.3 is 4.74 Å². The predicted molar refractivity (Wildman–Crippen MR) is 93.1 cm³/mol. The first-order valence-electron chi connectivity index (χ1n) is 7.85. The van der Waals surface area contributed by atoms with Crippen LogP contribution in [0.2, 0.25) is 0 Å². The van der Waals surface area contributed by atoms with E-state index >= 15 is 0 Å². The molecule has 0 spiro atoms. The minimum absolute atomic E-state index is 0.00441. The molecule has 0 radical (unpaired) electrons. The number of ether oxygens (including phenoxy) is 1. The van der Waals surface area contributed by atoms with Crippen LogP contribution >= 0.6 is 0 Å². The highest BCUT2D eigenvalue weighted by Gasteiger charge is 2.26. The van der Waals surface area contributed by atoms with Crippen molar-refractivity contribution in [1.82, 2.24) is 15.0 Å². The second-order valence-electron chi connectivity index (χ2n) is 5.89. The van der Waals surface area contributed by atoms with E-state index in [1.54, 1.807) is 24.3 Å². The molecule has 0 aliphatic heterocycles. The van der Waals surface area contributed by atoms with E-state index in [0.717, 1.165) is 18.4 Å². The number of fused-ring (bicyclic) bond motifs is 1. The lowest BCUT2D eigenvalue weighted by atomic mass is 10.2. The summed E-state index contributed by atoms with van der Waals surface area (Å²) < 4.78 is 33.2. The lowest BCUT2D eigenvalue weighted by Crippen LogP contribution is -2.15. The largest absolute Gasteiger partial charge is 0.481 e. The molecule has 0 bridgehead atoms. The van der Waals surface area contributed by atoms with Crippen LogP contribution in [0.1, 0.15) is 24.3 Å². The molecule has 1 aliphatic carbocycles. The zero-order chi connectivity index (χ0) is 17.4. The molecule has 1 saturated carbocycles. The second kappa shape index (κ2) is 5.96. The monoisotopic (exact) mass is 356 g/mol. The molecule has 1 N–H and O–H groups in total. The molecule has 7 nitrogen and oxygen atoms in total. The van der Waals surface area contributed by atoms with E-state index in [-0.39, 0.29) is 5.03 Å². The van der Waals surface area contributed by atoms with Crippen molar-refractivity contribution in [1.29, 1.82) is 0 Å². The van der Waals surface area contributed by atoms with Crippen molar-refractivity contribution < 1.29 is 13.2 Å². The SMILES string of the molecule is COc1ccc2nccc(NS(=O)(=O)c3cc(C4CC4)ccn3)c2n1. The van der Waals surface area contributed by atoms with E-state index in [4.69, 9.17) is 4.74 Å². The van der Waals surface area contributed by atoms with Crippen LogP contribution in [0.4, 0.5) is 5.69 Å². The molecule has 0 saturated heterocycles. The fourth-order valence-electron chi connectivity index (χ4n) is 2.64. The zero-order valence-corrected chi connectivity index (χ0v) is 14.3. The Labute approximate surface area is 145 Å². The molecule has 8 heteroatoms. The molecule has 0 amide bonds. The van der Waals surface area contributed by atoms with Gasteiger partial charge >= 0.3 is 0 Å². The maximum Gasteiger partial charge on any atom is 0.279 e. The molecule has 3 aromatic heterocycles. The van der Waals surface area contributed by atoms with Crippen molar-refractivity contribution in [2.75, 3.05) is 11.8 Å². The number of nitrogens with zero attached hydrogens (tertiary/aromatic N) is 3. The summed E-state index contributed by atoms with van der Waals surface area (Å²) in [7, 11) is -2.32. The highest BCUT2D eigenvalue weighted by Crippen LogP contribution is 2.40. The van der Waals surface area contributed by atoms with Crippen LogP contribution in [-0.2, 0) is 10.0 Å². The van der Waals surface area contributed by atoms with Gasteiger partial charge in [0.25, 0.3) is 10.0 Å². The average Bonchev–Trinajstić information content (AvgIpc) is 3.47. The summed E-state index contributed by atoms with van der Waals surface area (Å²) >= 11 is 0. The Morgan fingerprint density at radius 3 is 2.68 bits per heavy atom. The highest BCUT2D eigenvalue weighted by molar-refractivity contribution is 7.92. The Morgan fingerprint density at radius 1 is 1.12 bits per heavy atom. The Balaban J connectivity index is 1.73. The van der Waals surface area contributed by atoms with Crippen molar-refractivity contribution >= 4 is 26.7 Å². The molecule has 1 aliphatic rings. The fourth-order valence-corrected chi connectivity index (χ4v) is 3.69. The third kappa shape index (κ3) is 3.12. The van der Waals surface area contributed by atoms with Gasteiger partial charge in [-0.25, -0.2) is 9.97 Å². The third-order valence-electron chi connectivity index (χ3n) is 4.09. The highest BCUT2D eigenvalue weighted by atomic mass is 32.2. The molecule has 3 aromatic rings. The predicted octanol–water partition coefficient (Wildman–Crippen LogP) is 2.71. The number of aromatic nitrogens is 3. The smallest absolute Gasteiger partial charge is 0.279 e. The molecule has 0 unspecified atom stereocenters. The van der Waals surface area contributed by atoms with E-state index < -0.39 is 10.0 Å². The van der Waals surface area contributed by atoms with Crippen molar-refractivity contribution in [3.63, 3.8) is 0 Å². The maximum absolute atomic E-state index is 12.7. The number of methoxy groups -OCH3 is 1. The molecular formula is C17H16N4O3S. The first-order valence-corrected chi connectivity index (χ1v) is 9.34. The van der Waals surface area contributed by atoms with Gasteiger partial charge in [0.15, 0.2) is 5.03 Å². The maximum atomic E-state index is 12.7. The van der Waals surface area contributed by atoms with Gasteiger partial charge in [0, 0.05) is 18.5 Å². The number of pyridine rings is 3. The van der Waals surface area contributed by atoms with Crippen LogP contribution < -0.4 is 9.46 Å². The quantitative estimate of drug-likeness (QED) is 0.755. The van der Waals surface area contributed by atoms with E-state index in [1.165, 1.54) is 19.5 Å². The van der Waals surface area contributed by atoms with Crippen LogP contribution in [-0.4, -0.2) is 30.5 Å². The number of rotatable bonds is 5. The lowest BCUT2D eigenvalue weighted by Gasteiger charge is -2.10. The number of sulfonamides is 1. The molecule has 3 heterocycles. The number of hydrogen-bond acceptors (Lipinski definition) is 6. The molecule has 0 aromatic carbocycles. The fraction of sp³-hybridized carbons (Fsp3) is 0.235. The van der Waals surface area contributed by atoms with Gasteiger partial charge in [-0.1, -0.05) is 0 Å². The summed E-state index contributed by atoms with van der Waals surface area (Å²) in [6.45, 7) is 0. The summed E-state index contributed by atoms with van der Waals surface area (Å²) in [6, 6.07) is 8.47. The van der Waals surface area contributed by atoms with Gasteiger partial charge in [0.05, 0.1) is 18.3 Å². The Kier molecular flexibility index (Phi) is 3.76. The summed E-state index contributed by atoms with van der Waals surface area (Å²) in [4.78, 5) is 12.5. The second-order valence-corrected chi connectivity index (χ2v) is 7.52. The average molecular weight is 356 g/mol. The van der Waals surface area contributed by atoms with E-state index in [0.29, 0.717) is 28.5 Å². The summed E-state index contributed by atoms with van der Waals surface area (Å²) in [6.07, 6.45) is 5.25. The summed E-state index contributed by atoms with van der Waals surface area (Å²) in [5, 5.41) is 0.00441. The minimum atomic E-state index is -3.82. The Bertz CT molecular complexity index is 1050. The van der Waals surface area contributed by atoms with E-state index in [2.05, 4.69) is 19.7 Å². The Hall–Kier alpha value is -2.74. The van der Waals surface area contributed by atoms with Crippen LogP contribution in [0.15, 0.2) is 47.8 Å². The van der Waals surface area contributed by atoms with Crippen LogP contribution in [0, 0.1) is 0 Å². The van der Waals surface area contributed by atoms with Gasteiger partial charge in [0.1, 0.15) is 5.52 Å². The third-order valence-corrected chi connectivity index (χ3v) is 5.36. The first kappa shape index (κ1) is 15.8. The molecule has 25 heavy (non-hydrogen) atoms. The van der Waals surface area contributed by atoms with Crippen molar-refractivity contribution in [2.45, 2.75) is 23.8 Å². The van der Waals surface area contributed by atoms with E-state index in [1.807, 2.05) is 6.07 Å². The van der Waals surface area contributed by atoms with Crippen molar-refractivity contribution in [3.8, 4) is 5.88 Å². The van der Waals surface area contributed by atoms with Crippen molar-refractivity contribution in [2.24, 2.45) is 0 Å². The first-order chi connectivity index (χ1) is 12.1. The van der Waals surface area contributed by atoms with Crippen LogP contribution in [0.3, 0.4) is 0 Å². The molecular weight excluding hydrogens is 340 g/mol. The van der Waals surface area contributed by atoms with Gasteiger partial charge in [0.2, 0.25) is 5.88 Å². The van der Waals surface area contributed by atoms with E-state index in [9.17, 15) is 8.42 Å². The minimum Gasteiger partial charge on any atom is -0.481 e. The molecule has 128 valence electrons. The normalized spacial score (nSPS) is 14.4. The Morgan fingerprint density at radius 2 is 1.92 bits per heavy atom. The molecule has 0 atom stereocenters. The van der Waals surface area contributed by atoms with Crippen molar-refractivity contribution in [3.05, 3.63) is 48.3 Å². The number of nitrogens with one attached hydrogen (secondary N) is 1. The van der Waals surface area contributed by atoms with Crippen LogP contribution in [0.25, 0.3) is 11.0 Å². The number of hydrogen-bond donors (Lipinski definition) is 1. The van der Waals surface area contributed by atoms with Crippen LogP contribution in [0.5, 0.6) is 5.88 Å². The van der Waals surface area contributed by atoms with Gasteiger partial charge in [-0.05, 0) is 48.6 Å². The number of anilines is 1. The topological polar surface area (TPSA) is 94.1 Å². The summed E-state index contributed by atoms with van der Waals surface area (Å²) in [5.41, 5.74) is 2.33. The standard InChI is InChI=1S/C17H16N4O3S/c1-24-15-5-4-13-17(20-15)14(7-9-18-13)21-25(22,23)16-10-12(6-8-19-16)11-2-3-11/h4-11H,2-3H2,1H3,(H,18,21). The van der Waals surface area contributed by atoms with Gasteiger partial charge in [-0.15, -0.1) is 0 Å². The molecule has 4 rings (SSSR count). The molecule has 1 fully saturated rings. The van der Waals surface area contributed by atoms with Gasteiger partial charge in [-0.2, -0.15) is 8.42 Å². The summed E-state index contributed by atoms with van der Waals surface area (Å²) in [5.74, 6) is 0.833.